The molecule has 0 aliphatic carbocycles. The van der Waals surface area contributed by atoms with E-state index in [1.54, 1.807) is 0 Å². The Morgan fingerprint density at radius 3 is 1.03 bits per heavy atom. The third-order valence-electron chi connectivity index (χ3n) is 12.6. The van der Waals surface area contributed by atoms with Crippen molar-refractivity contribution < 1.29 is 23.8 Å². The lowest BCUT2D eigenvalue weighted by molar-refractivity contribution is -0.163. The van der Waals surface area contributed by atoms with Crippen molar-refractivity contribution in [3.8, 4) is 0 Å². The van der Waals surface area contributed by atoms with Crippen molar-refractivity contribution in [1.82, 2.24) is 0 Å². The fraction of sp³-hybridized carbons (Fsp3) is 0.723. The van der Waals surface area contributed by atoms with Crippen LogP contribution >= 0.6 is 0 Å². The third kappa shape index (κ3) is 57.4. The van der Waals surface area contributed by atoms with Crippen molar-refractivity contribution in [3.63, 3.8) is 0 Å². The number of hydrogen-bond donors (Lipinski definition) is 0. The Kier molecular flexibility index (Phi) is 57.4. The molecular formula is C65H112O5. The van der Waals surface area contributed by atoms with Gasteiger partial charge in [-0.1, -0.05) is 240 Å². The van der Waals surface area contributed by atoms with E-state index in [9.17, 15) is 9.59 Å². The van der Waals surface area contributed by atoms with Gasteiger partial charge in [0.05, 0.1) is 6.61 Å². The maximum absolute atomic E-state index is 12.9. The average molecular weight is 974 g/mol. The van der Waals surface area contributed by atoms with Crippen molar-refractivity contribution in [1.29, 1.82) is 0 Å². The van der Waals surface area contributed by atoms with E-state index in [2.05, 4.69) is 118 Å². The van der Waals surface area contributed by atoms with Crippen LogP contribution < -0.4 is 0 Å². The number of unbranched alkanes of at least 4 members (excludes halogenated alkanes) is 27. The normalized spacial score (nSPS) is 12.9. The molecular weight excluding hydrogens is 861 g/mol. The molecule has 0 N–H and O–H groups in total. The molecule has 0 saturated carbocycles. The number of carbonyl (C=O) groups excluding carboxylic acids is 2. The van der Waals surface area contributed by atoms with Gasteiger partial charge in [0.1, 0.15) is 6.61 Å². The van der Waals surface area contributed by atoms with Gasteiger partial charge in [-0.15, -0.1) is 0 Å². The average Bonchev–Trinajstić information content (AvgIpc) is 3.36. The maximum Gasteiger partial charge on any atom is 0.306 e. The number of ether oxygens (including phenoxy) is 3. The summed E-state index contributed by atoms with van der Waals surface area (Å²) in [6.07, 6.45) is 81.4. The molecule has 0 fully saturated rings. The first kappa shape index (κ1) is 66.8. The van der Waals surface area contributed by atoms with Gasteiger partial charge in [0.2, 0.25) is 0 Å². The lowest BCUT2D eigenvalue weighted by atomic mass is 10.1. The first-order valence-electron chi connectivity index (χ1n) is 29.8. The van der Waals surface area contributed by atoms with Crippen LogP contribution in [0.25, 0.3) is 0 Å². The summed E-state index contributed by atoms with van der Waals surface area (Å²) < 4.78 is 17.5. The van der Waals surface area contributed by atoms with E-state index in [1.807, 2.05) is 0 Å². The molecule has 0 aromatic rings. The maximum atomic E-state index is 12.9. The van der Waals surface area contributed by atoms with E-state index in [4.69, 9.17) is 14.2 Å². The number of esters is 2. The van der Waals surface area contributed by atoms with Crippen molar-refractivity contribution in [2.45, 2.75) is 284 Å². The highest BCUT2D eigenvalue weighted by atomic mass is 16.6. The monoisotopic (exact) mass is 973 g/mol. The number of allylic oxidation sites excluding steroid dienone is 16. The summed E-state index contributed by atoms with van der Waals surface area (Å²) in [4.78, 5) is 25.6. The van der Waals surface area contributed by atoms with Gasteiger partial charge >= 0.3 is 11.9 Å². The van der Waals surface area contributed by atoms with Crippen LogP contribution in [-0.4, -0.2) is 37.9 Å². The van der Waals surface area contributed by atoms with Crippen LogP contribution in [0, 0.1) is 0 Å². The summed E-state index contributed by atoms with van der Waals surface area (Å²) in [5.41, 5.74) is 0. The molecule has 1 atom stereocenters. The first-order valence-corrected chi connectivity index (χ1v) is 29.8. The van der Waals surface area contributed by atoms with Gasteiger partial charge in [0.15, 0.2) is 6.10 Å². The Balaban J connectivity index is 4.34. The van der Waals surface area contributed by atoms with Gasteiger partial charge in [-0.05, 0) is 122 Å². The van der Waals surface area contributed by atoms with Crippen molar-refractivity contribution >= 4 is 11.9 Å². The van der Waals surface area contributed by atoms with Gasteiger partial charge < -0.3 is 14.2 Å². The lowest BCUT2D eigenvalue weighted by Gasteiger charge is -2.18. The second-order valence-electron chi connectivity index (χ2n) is 19.5. The molecule has 402 valence electrons. The Hall–Kier alpha value is -3.18. The van der Waals surface area contributed by atoms with Gasteiger partial charge in [0.25, 0.3) is 0 Å². The van der Waals surface area contributed by atoms with E-state index in [0.717, 1.165) is 96.3 Å². The summed E-state index contributed by atoms with van der Waals surface area (Å²) in [6.45, 7) is 7.65. The summed E-state index contributed by atoms with van der Waals surface area (Å²) >= 11 is 0. The van der Waals surface area contributed by atoms with E-state index >= 15 is 0 Å². The summed E-state index contributed by atoms with van der Waals surface area (Å²) in [7, 11) is 0. The molecule has 5 heteroatoms. The van der Waals surface area contributed by atoms with Crippen LogP contribution in [0.15, 0.2) is 97.2 Å². The summed E-state index contributed by atoms with van der Waals surface area (Å²) in [5.74, 6) is -0.421. The molecule has 0 radical (unpaired) electrons. The SMILES string of the molecule is CC/C=C\C/C=C\C/C=C\CCCCCCCCCCOCC(COC(=O)CCCCCCCC/C=C\C/C=C\C/C=C\CCCCC)OC(=O)CCCCCCCCC/C=C\C/C=C\CCCCC. The highest BCUT2D eigenvalue weighted by molar-refractivity contribution is 5.70. The topological polar surface area (TPSA) is 61.8 Å². The van der Waals surface area contributed by atoms with Crippen molar-refractivity contribution in [2.24, 2.45) is 0 Å². The van der Waals surface area contributed by atoms with E-state index < -0.39 is 6.10 Å². The summed E-state index contributed by atoms with van der Waals surface area (Å²) in [6, 6.07) is 0. The van der Waals surface area contributed by atoms with Crippen LogP contribution in [-0.2, 0) is 23.8 Å². The number of carbonyl (C=O) groups is 2. The molecule has 0 saturated heterocycles. The van der Waals surface area contributed by atoms with Crippen LogP contribution in [0.4, 0.5) is 0 Å². The van der Waals surface area contributed by atoms with Gasteiger partial charge in [0, 0.05) is 19.4 Å². The van der Waals surface area contributed by atoms with Crippen LogP contribution in [0.2, 0.25) is 0 Å². The van der Waals surface area contributed by atoms with E-state index in [-0.39, 0.29) is 25.2 Å². The Bertz CT molecular complexity index is 1330. The van der Waals surface area contributed by atoms with E-state index in [1.165, 1.54) is 148 Å². The predicted octanol–water partition coefficient (Wildman–Crippen LogP) is 20.6. The molecule has 0 bridgehead atoms. The highest BCUT2D eigenvalue weighted by Gasteiger charge is 2.17. The minimum Gasteiger partial charge on any atom is -0.462 e. The molecule has 0 spiro atoms. The fourth-order valence-corrected chi connectivity index (χ4v) is 8.15. The third-order valence-corrected chi connectivity index (χ3v) is 12.6. The Labute approximate surface area is 434 Å². The lowest BCUT2D eigenvalue weighted by Crippen LogP contribution is -2.30. The minimum absolute atomic E-state index is 0.0682. The van der Waals surface area contributed by atoms with Gasteiger partial charge in [-0.2, -0.15) is 0 Å². The van der Waals surface area contributed by atoms with Gasteiger partial charge in [-0.25, -0.2) is 0 Å². The van der Waals surface area contributed by atoms with E-state index in [0.29, 0.717) is 19.4 Å². The molecule has 0 aliphatic heterocycles. The standard InChI is InChI=1S/C65H112O5/c1-4-7-10-13-16-19-22-25-28-31-33-35-37-40-43-46-49-52-55-58-64(66)69-62-63(61-68-60-57-54-51-48-45-42-39-36-32-29-26-23-20-17-14-11-8-5-2)70-65(67)59-56-53-50-47-44-41-38-34-30-27-24-21-18-15-12-9-6-3/h8,11,16-21,25-30,33,35,63H,4-7,9-10,12-15,22-24,31-32,34,36-62H2,1-3H3/b11-8-,19-16-,20-17-,21-18-,28-25-,29-26-,30-27-,35-33-. The molecule has 0 rings (SSSR count). The molecule has 0 amide bonds. The highest BCUT2D eigenvalue weighted by Crippen LogP contribution is 2.14. The zero-order valence-corrected chi connectivity index (χ0v) is 46.3. The molecule has 70 heavy (non-hydrogen) atoms. The Morgan fingerprint density at radius 1 is 0.329 bits per heavy atom. The smallest absolute Gasteiger partial charge is 0.306 e. The first-order chi connectivity index (χ1) is 34.6. The van der Waals surface area contributed by atoms with Crippen molar-refractivity contribution in [3.05, 3.63) is 97.2 Å². The second-order valence-corrected chi connectivity index (χ2v) is 19.5. The van der Waals surface area contributed by atoms with Gasteiger partial charge in [-0.3, -0.25) is 9.59 Å². The quantitative estimate of drug-likeness (QED) is 0.0345. The largest absolute Gasteiger partial charge is 0.462 e. The minimum atomic E-state index is -0.557. The fourth-order valence-electron chi connectivity index (χ4n) is 8.15. The molecule has 5 nitrogen and oxygen atoms in total. The Morgan fingerprint density at radius 2 is 0.643 bits per heavy atom. The van der Waals surface area contributed by atoms with Crippen LogP contribution in [0.1, 0.15) is 278 Å². The van der Waals surface area contributed by atoms with Crippen LogP contribution in [0.5, 0.6) is 0 Å². The zero-order valence-electron chi connectivity index (χ0n) is 46.3. The molecule has 0 aromatic carbocycles. The number of rotatable bonds is 54. The van der Waals surface area contributed by atoms with Crippen LogP contribution in [0.3, 0.4) is 0 Å². The summed E-state index contributed by atoms with van der Waals surface area (Å²) in [5, 5.41) is 0. The molecule has 0 aromatic heterocycles. The molecule has 1 unspecified atom stereocenters. The van der Waals surface area contributed by atoms with Crippen molar-refractivity contribution in [2.75, 3.05) is 19.8 Å². The second kappa shape index (κ2) is 60.1. The predicted molar refractivity (Wildman–Crippen MR) is 306 cm³/mol. The zero-order chi connectivity index (χ0) is 50.6. The molecule has 0 heterocycles. The number of hydrogen-bond acceptors (Lipinski definition) is 5. The molecule has 0 aliphatic rings.